The van der Waals surface area contributed by atoms with Crippen LogP contribution in [0.25, 0.3) is 44.3 Å². The Morgan fingerprint density at radius 2 is 1.88 bits per heavy atom. The number of hydrogen-bond acceptors (Lipinski definition) is 5. The fourth-order valence-electron chi connectivity index (χ4n) is 3.74. The molecule has 160 valence electrons. The molecule has 2 N–H and O–H groups in total. The lowest BCUT2D eigenvalue weighted by Crippen LogP contribution is -2.21. The largest absolute Gasteiger partial charge is 0.338 e. The van der Waals surface area contributed by atoms with Crippen LogP contribution in [0.4, 0.5) is 4.39 Å². The Bertz CT molecular complexity index is 1570. The summed E-state index contributed by atoms with van der Waals surface area (Å²) in [5, 5.41) is 1.43. The lowest BCUT2D eigenvalue weighted by atomic mass is 9.99. The highest BCUT2D eigenvalue weighted by Gasteiger charge is 2.17. The lowest BCUT2D eigenvalue weighted by Gasteiger charge is -2.09. The number of sulfonamides is 1. The molecule has 5 aromatic rings. The summed E-state index contributed by atoms with van der Waals surface area (Å²) in [5.41, 5.74) is 4.59. The summed E-state index contributed by atoms with van der Waals surface area (Å²) in [4.78, 5) is 16.1. The second kappa shape index (κ2) is 7.77. The second-order valence-electron chi connectivity index (χ2n) is 7.48. The number of aromatic amines is 1. The summed E-state index contributed by atoms with van der Waals surface area (Å²) in [6.45, 7) is 0.117. The molecule has 0 aliphatic carbocycles. The van der Waals surface area contributed by atoms with Gasteiger partial charge in [-0.25, -0.2) is 22.5 Å². The molecule has 4 heterocycles. The van der Waals surface area contributed by atoms with Gasteiger partial charge in [-0.15, -0.1) is 0 Å². The van der Waals surface area contributed by atoms with Gasteiger partial charge in [-0.3, -0.25) is 9.97 Å². The third-order valence-electron chi connectivity index (χ3n) is 5.17. The van der Waals surface area contributed by atoms with E-state index in [4.69, 9.17) is 0 Å². The van der Waals surface area contributed by atoms with Crippen LogP contribution in [-0.2, 0) is 16.6 Å². The maximum absolute atomic E-state index is 15.1. The molecule has 0 fully saturated rings. The van der Waals surface area contributed by atoms with Crippen LogP contribution >= 0.6 is 0 Å². The molecule has 0 unspecified atom stereocenters. The molecular weight excluding hydrogens is 429 g/mol. The lowest BCUT2D eigenvalue weighted by molar-refractivity contribution is 0.587. The van der Waals surface area contributed by atoms with Gasteiger partial charge in [0, 0.05) is 40.8 Å². The second-order valence-corrected chi connectivity index (χ2v) is 9.31. The number of nitrogens with zero attached hydrogens (tertiary/aromatic N) is 3. The minimum atomic E-state index is -3.34. The summed E-state index contributed by atoms with van der Waals surface area (Å²) in [5.74, 6) is -0.466. The van der Waals surface area contributed by atoms with Crippen molar-refractivity contribution in [1.82, 2.24) is 24.7 Å². The highest BCUT2D eigenvalue weighted by Crippen LogP contribution is 2.36. The standard InChI is InChI=1S/C23H18FN5O2S/c1-32(30,31)28-10-14-4-2-5-15(8-14)21-18(24)12-27-23-22(21)17-9-19(26-13-20(17)29-23)16-6-3-7-25-11-16/h2-9,11-13,28H,10H2,1H3,(H,27,29). The Kier molecular flexibility index (Phi) is 4.91. The molecule has 0 saturated carbocycles. The fourth-order valence-corrected chi connectivity index (χ4v) is 4.17. The van der Waals surface area contributed by atoms with Gasteiger partial charge < -0.3 is 4.98 Å². The molecule has 5 rings (SSSR count). The molecule has 0 bridgehead atoms. The Morgan fingerprint density at radius 1 is 1.03 bits per heavy atom. The quantitative estimate of drug-likeness (QED) is 0.424. The molecule has 0 spiro atoms. The van der Waals surface area contributed by atoms with Crippen LogP contribution in [0, 0.1) is 5.82 Å². The first-order valence-corrected chi connectivity index (χ1v) is 11.7. The van der Waals surface area contributed by atoms with Crippen LogP contribution in [0.1, 0.15) is 5.56 Å². The maximum Gasteiger partial charge on any atom is 0.209 e. The Balaban J connectivity index is 1.70. The van der Waals surface area contributed by atoms with Gasteiger partial charge >= 0.3 is 0 Å². The number of fused-ring (bicyclic) bond motifs is 3. The van der Waals surface area contributed by atoms with Gasteiger partial charge in [0.1, 0.15) is 11.5 Å². The molecule has 4 aromatic heterocycles. The summed E-state index contributed by atoms with van der Waals surface area (Å²) in [6.07, 6.45) is 7.40. The minimum absolute atomic E-state index is 0.117. The van der Waals surface area contributed by atoms with Crippen LogP contribution in [0.5, 0.6) is 0 Å². The monoisotopic (exact) mass is 447 g/mol. The van der Waals surface area contributed by atoms with Crippen LogP contribution in [0.3, 0.4) is 0 Å². The van der Waals surface area contributed by atoms with Crippen molar-refractivity contribution in [3.8, 4) is 22.4 Å². The predicted octanol–water partition coefficient (Wildman–Crippen LogP) is 4.03. The van der Waals surface area contributed by atoms with E-state index in [1.54, 1.807) is 42.9 Å². The molecule has 0 atom stereocenters. The molecule has 7 nitrogen and oxygen atoms in total. The zero-order valence-corrected chi connectivity index (χ0v) is 17.8. The van der Waals surface area contributed by atoms with Gasteiger partial charge in [-0.1, -0.05) is 18.2 Å². The molecule has 1 aromatic carbocycles. The van der Waals surface area contributed by atoms with Crippen molar-refractivity contribution >= 4 is 32.0 Å². The SMILES string of the molecule is CS(=O)(=O)NCc1cccc(-c2c(F)cnc3[nH]c4cnc(-c5cccnc5)cc4c23)c1. The molecule has 9 heteroatoms. The van der Waals surface area contributed by atoms with Gasteiger partial charge in [0.2, 0.25) is 10.0 Å². The average Bonchev–Trinajstić information content (AvgIpc) is 3.16. The van der Waals surface area contributed by atoms with E-state index in [2.05, 4.69) is 24.7 Å². The van der Waals surface area contributed by atoms with Crippen molar-refractivity contribution in [2.24, 2.45) is 0 Å². The number of nitrogens with one attached hydrogen (secondary N) is 2. The zero-order valence-electron chi connectivity index (χ0n) is 17.0. The smallest absolute Gasteiger partial charge is 0.209 e. The third kappa shape index (κ3) is 3.83. The molecule has 0 radical (unpaired) electrons. The van der Waals surface area contributed by atoms with Crippen molar-refractivity contribution in [1.29, 1.82) is 0 Å². The summed E-state index contributed by atoms with van der Waals surface area (Å²) in [6, 6.07) is 12.8. The van der Waals surface area contributed by atoms with Crippen molar-refractivity contribution in [2.75, 3.05) is 6.26 Å². The van der Waals surface area contributed by atoms with E-state index < -0.39 is 15.8 Å². The zero-order chi connectivity index (χ0) is 22.3. The predicted molar refractivity (Wildman–Crippen MR) is 122 cm³/mol. The number of pyridine rings is 3. The first kappa shape index (κ1) is 20.2. The molecule has 32 heavy (non-hydrogen) atoms. The van der Waals surface area contributed by atoms with Crippen LogP contribution in [0.2, 0.25) is 0 Å². The van der Waals surface area contributed by atoms with E-state index in [0.29, 0.717) is 27.9 Å². The number of hydrogen-bond donors (Lipinski definition) is 2. The van der Waals surface area contributed by atoms with E-state index >= 15 is 4.39 Å². The summed E-state index contributed by atoms with van der Waals surface area (Å²) in [7, 11) is -3.34. The molecule has 0 aliphatic rings. The van der Waals surface area contributed by atoms with Crippen LogP contribution in [-0.4, -0.2) is 34.6 Å². The topological polar surface area (TPSA) is 101 Å². The first-order valence-electron chi connectivity index (χ1n) is 9.79. The van der Waals surface area contributed by atoms with Crippen molar-refractivity contribution in [2.45, 2.75) is 6.54 Å². The van der Waals surface area contributed by atoms with E-state index in [1.807, 2.05) is 18.2 Å². The highest BCUT2D eigenvalue weighted by atomic mass is 32.2. The van der Waals surface area contributed by atoms with Gasteiger partial charge in [0.25, 0.3) is 0 Å². The number of halogens is 1. The Hall–Kier alpha value is -3.69. The van der Waals surface area contributed by atoms with Crippen LogP contribution in [0.15, 0.2) is 67.3 Å². The first-order chi connectivity index (χ1) is 15.4. The van der Waals surface area contributed by atoms with Gasteiger partial charge in [-0.2, -0.15) is 0 Å². The minimum Gasteiger partial charge on any atom is -0.338 e. The summed E-state index contributed by atoms with van der Waals surface area (Å²) < 4.78 is 40.5. The molecule has 0 aliphatic heterocycles. The van der Waals surface area contributed by atoms with E-state index in [9.17, 15) is 8.42 Å². The van der Waals surface area contributed by atoms with E-state index in [0.717, 1.165) is 28.3 Å². The summed E-state index contributed by atoms with van der Waals surface area (Å²) >= 11 is 0. The molecular formula is C23H18FN5O2S. The van der Waals surface area contributed by atoms with Crippen molar-refractivity contribution < 1.29 is 12.8 Å². The Morgan fingerprint density at radius 3 is 2.66 bits per heavy atom. The van der Waals surface area contributed by atoms with Gasteiger partial charge in [-0.05, 0) is 35.4 Å². The molecule has 0 amide bonds. The maximum atomic E-state index is 15.1. The fraction of sp³-hybridized carbons (Fsp3) is 0.0870. The van der Waals surface area contributed by atoms with Crippen molar-refractivity contribution in [3.05, 3.63) is 78.6 Å². The average molecular weight is 447 g/mol. The number of H-pyrrole nitrogens is 1. The number of rotatable bonds is 5. The van der Waals surface area contributed by atoms with E-state index in [-0.39, 0.29) is 6.54 Å². The van der Waals surface area contributed by atoms with E-state index in [1.165, 1.54) is 6.20 Å². The third-order valence-corrected chi connectivity index (χ3v) is 5.84. The van der Waals surface area contributed by atoms with Crippen LogP contribution < -0.4 is 4.72 Å². The highest BCUT2D eigenvalue weighted by molar-refractivity contribution is 7.88. The normalized spacial score (nSPS) is 11.9. The number of aromatic nitrogens is 4. The van der Waals surface area contributed by atoms with Crippen molar-refractivity contribution in [3.63, 3.8) is 0 Å². The molecule has 0 saturated heterocycles. The van der Waals surface area contributed by atoms with Gasteiger partial charge in [0.15, 0.2) is 0 Å². The Labute approximate surface area is 183 Å². The van der Waals surface area contributed by atoms with Gasteiger partial charge in [0.05, 0.1) is 29.9 Å². The number of benzene rings is 1.